The molecule has 9 nitrogen and oxygen atoms in total. The van der Waals surface area contributed by atoms with Crippen LogP contribution in [0, 0.1) is 0 Å². The molecule has 2 heterocycles. The Balaban J connectivity index is 2.28. The number of carboxylic acid groups (broad SMARTS) is 1. The number of primary amides is 1. The molecular formula is C10H14N4O5S. The molecule has 1 amide bonds. The Morgan fingerprint density at radius 2 is 2.20 bits per heavy atom. The molecule has 10 heteroatoms. The molecule has 3 N–H and O–H groups in total. The minimum Gasteiger partial charge on any atom is -0.480 e. The first kappa shape index (κ1) is 14.5. The van der Waals surface area contributed by atoms with Crippen LogP contribution in [0.15, 0.2) is 17.3 Å². The van der Waals surface area contributed by atoms with Crippen LogP contribution < -0.4 is 5.73 Å². The number of amides is 1. The van der Waals surface area contributed by atoms with Gasteiger partial charge in [-0.05, 0) is 12.8 Å². The molecule has 0 saturated carbocycles. The maximum atomic E-state index is 12.4. The number of rotatable bonds is 5. The van der Waals surface area contributed by atoms with Gasteiger partial charge in [-0.3, -0.25) is 14.3 Å². The molecule has 0 bridgehead atoms. The molecule has 1 aliphatic rings. The van der Waals surface area contributed by atoms with E-state index < -0.39 is 34.5 Å². The van der Waals surface area contributed by atoms with Gasteiger partial charge in [0.2, 0.25) is 15.9 Å². The van der Waals surface area contributed by atoms with Crippen LogP contribution in [0.2, 0.25) is 0 Å². The molecule has 20 heavy (non-hydrogen) atoms. The van der Waals surface area contributed by atoms with Gasteiger partial charge in [-0.25, -0.2) is 8.42 Å². The highest BCUT2D eigenvalue weighted by molar-refractivity contribution is 7.89. The first-order valence-electron chi connectivity index (χ1n) is 5.88. The van der Waals surface area contributed by atoms with Gasteiger partial charge < -0.3 is 10.8 Å². The van der Waals surface area contributed by atoms with Crippen molar-refractivity contribution in [1.82, 2.24) is 14.1 Å². The van der Waals surface area contributed by atoms with Gasteiger partial charge >= 0.3 is 5.97 Å². The van der Waals surface area contributed by atoms with Crippen LogP contribution in [0.5, 0.6) is 0 Å². The number of sulfonamides is 1. The Kier molecular flexibility index (Phi) is 3.77. The van der Waals surface area contributed by atoms with Gasteiger partial charge in [-0.1, -0.05) is 0 Å². The molecule has 1 saturated heterocycles. The maximum Gasteiger partial charge on any atom is 0.325 e. The molecule has 0 radical (unpaired) electrons. The first-order valence-corrected chi connectivity index (χ1v) is 7.32. The minimum atomic E-state index is -3.89. The van der Waals surface area contributed by atoms with Gasteiger partial charge in [0.15, 0.2) is 0 Å². The van der Waals surface area contributed by atoms with E-state index in [-0.39, 0.29) is 11.4 Å². The maximum absolute atomic E-state index is 12.4. The third kappa shape index (κ3) is 2.65. The summed E-state index contributed by atoms with van der Waals surface area (Å²) >= 11 is 0. The SMILES string of the molecule is NC(=O)C1CCCN1S(=O)(=O)c1cnn(CC(=O)O)c1. The second-order valence-electron chi connectivity index (χ2n) is 4.44. The number of carbonyl (C=O) groups is 2. The van der Waals surface area contributed by atoms with Crippen LogP contribution in [0.3, 0.4) is 0 Å². The molecule has 1 atom stereocenters. The van der Waals surface area contributed by atoms with E-state index >= 15 is 0 Å². The summed E-state index contributed by atoms with van der Waals surface area (Å²) in [5, 5.41) is 12.3. The third-order valence-corrected chi connectivity index (χ3v) is 4.91. The molecule has 1 unspecified atom stereocenters. The quantitative estimate of drug-likeness (QED) is 0.687. The van der Waals surface area contributed by atoms with Gasteiger partial charge in [0.1, 0.15) is 17.5 Å². The zero-order valence-electron chi connectivity index (χ0n) is 10.5. The monoisotopic (exact) mass is 302 g/mol. The predicted molar refractivity (Wildman–Crippen MR) is 66.0 cm³/mol. The molecular weight excluding hydrogens is 288 g/mol. The highest BCUT2D eigenvalue weighted by Crippen LogP contribution is 2.25. The number of nitrogens with zero attached hydrogens (tertiary/aromatic N) is 3. The third-order valence-electron chi connectivity index (χ3n) is 3.05. The fourth-order valence-electron chi connectivity index (χ4n) is 2.15. The average molecular weight is 302 g/mol. The fourth-order valence-corrected chi connectivity index (χ4v) is 3.77. The number of carboxylic acids is 1. The average Bonchev–Trinajstić information content (AvgIpc) is 2.95. The van der Waals surface area contributed by atoms with E-state index in [9.17, 15) is 18.0 Å². The molecule has 0 spiro atoms. The summed E-state index contributed by atoms with van der Waals surface area (Å²) in [5.74, 6) is -1.82. The Morgan fingerprint density at radius 1 is 1.50 bits per heavy atom. The lowest BCUT2D eigenvalue weighted by atomic mass is 10.2. The lowest BCUT2D eigenvalue weighted by molar-refractivity contribution is -0.137. The predicted octanol–water partition coefficient (Wildman–Crippen LogP) is -1.39. The van der Waals surface area contributed by atoms with Crippen molar-refractivity contribution in [3.05, 3.63) is 12.4 Å². The summed E-state index contributed by atoms with van der Waals surface area (Å²) in [7, 11) is -3.89. The standard InChI is InChI=1S/C10H14N4O5S/c11-10(17)8-2-1-3-14(8)20(18,19)7-4-12-13(5-7)6-9(15)16/h4-5,8H,1-3,6H2,(H2,11,17)(H,15,16). The summed E-state index contributed by atoms with van der Waals surface area (Å²) in [6.07, 6.45) is 3.13. The summed E-state index contributed by atoms with van der Waals surface area (Å²) in [4.78, 5) is 21.7. The molecule has 2 rings (SSSR count). The van der Waals surface area contributed by atoms with Crippen LogP contribution in [0.4, 0.5) is 0 Å². The number of hydrogen-bond acceptors (Lipinski definition) is 5. The molecule has 1 aromatic rings. The topological polar surface area (TPSA) is 136 Å². The van der Waals surface area contributed by atoms with Gasteiger partial charge in [-0.2, -0.15) is 9.40 Å². The zero-order valence-corrected chi connectivity index (χ0v) is 11.3. The zero-order chi connectivity index (χ0) is 14.9. The second-order valence-corrected chi connectivity index (χ2v) is 6.33. The van der Waals surface area contributed by atoms with Crippen LogP contribution in [-0.4, -0.2) is 52.1 Å². The molecule has 0 aromatic carbocycles. The molecule has 1 fully saturated rings. The van der Waals surface area contributed by atoms with Gasteiger partial charge in [0, 0.05) is 12.7 Å². The van der Waals surface area contributed by atoms with Crippen molar-refractivity contribution in [2.75, 3.05) is 6.54 Å². The van der Waals surface area contributed by atoms with E-state index in [1.165, 1.54) is 0 Å². The van der Waals surface area contributed by atoms with E-state index in [4.69, 9.17) is 10.8 Å². The largest absolute Gasteiger partial charge is 0.480 e. The van der Waals surface area contributed by atoms with Crippen molar-refractivity contribution in [3.63, 3.8) is 0 Å². The number of aromatic nitrogens is 2. The van der Waals surface area contributed by atoms with E-state index in [0.29, 0.717) is 12.8 Å². The van der Waals surface area contributed by atoms with E-state index in [0.717, 1.165) is 21.4 Å². The molecule has 1 aromatic heterocycles. The summed E-state index contributed by atoms with van der Waals surface area (Å²) in [6, 6.07) is -0.858. The number of aliphatic carboxylic acids is 1. The van der Waals surface area contributed by atoms with Gasteiger partial charge in [0.05, 0.1) is 6.20 Å². The normalized spacial score (nSPS) is 20.1. The Morgan fingerprint density at radius 3 is 2.80 bits per heavy atom. The van der Waals surface area contributed by atoms with Crippen molar-refractivity contribution in [1.29, 1.82) is 0 Å². The smallest absolute Gasteiger partial charge is 0.325 e. The molecule has 0 aliphatic carbocycles. The van der Waals surface area contributed by atoms with Gasteiger partial charge in [-0.15, -0.1) is 0 Å². The van der Waals surface area contributed by atoms with Crippen molar-refractivity contribution < 1.29 is 23.1 Å². The van der Waals surface area contributed by atoms with Crippen LogP contribution in [-0.2, 0) is 26.2 Å². The molecule has 110 valence electrons. The van der Waals surface area contributed by atoms with Crippen LogP contribution in [0.25, 0.3) is 0 Å². The number of nitrogens with two attached hydrogens (primary N) is 1. The lowest BCUT2D eigenvalue weighted by Crippen LogP contribution is -2.43. The van der Waals surface area contributed by atoms with Crippen molar-refractivity contribution >= 4 is 21.9 Å². The Hall–Kier alpha value is -1.94. The Labute approximate surface area is 115 Å². The summed E-state index contributed by atoms with van der Waals surface area (Å²) < 4.78 is 26.8. The van der Waals surface area contributed by atoms with E-state index in [1.807, 2.05) is 0 Å². The summed E-state index contributed by atoms with van der Waals surface area (Å²) in [5.41, 5.74) is 5.19. The minimum absolute atomic E-state index is 0.146. The van der Waals surface area contributed by atoms with Crippen LogP contribution >= 0.6 is 0 Å². The fraction of sp³-hybridized carbons (Fsp3) is 0.500. The lowest BCUT2D eigenvalue weighted by Gasteiger charge is -2.20. The number of carbonyl (C=O) groups excluding carboxylic acids is 1. The van der Waals surface area contributed by atoms with Crippen molar-refractivity contribution in [3.8, 4) is 0 Å². The Bertz CT molecular complexity index is 638. The highest BCUT2D eigenvalue weighted by atomic mass is 32.2. The second kappa shape index (κ2) is 5.21. The van der Waals surface area contributed by atoms with Crippen LogP contribution in [0.1, 0.15) is 12.8 Å². The summed E-state index contributed by atoms with van der Waals surface area (Å²) in [6.45, 7) is -0.227. The van der Waals surface area contributed by atoms with Crippen molar-refractivity contribution in [2.24, 2.45) is 5.73 Å². The molecule has 1 aliphatic heterocycles. The number of hydrogen-bond donors (Lipinski definition) is 2. The van der Waals surface area contributed by atoms with Gasteiger partial charge in [0.25, 0.3) is 0 Å². The van der Waals surface area contributed by atoms with Crippen molar-refractivity contribution in [2.45, 2.75) is 30.3 Å². The van der Waals surface area contributed by atoms with E-state index in [1.54, 1.807) is 0 Å². The highest BCUT2D eigenvalue weighted by Gasteiger charge is 2.38. The van der Waals surface area contributed by atoms with E-state index in [2.05, 4.69) is 5.10 Å². The first-order chi connectivity index (χ1) is 9.32.